The monoisotopic (exact) mass is 314 g/mol. The average Bonchev–Trinajstić information content (AvgIpc) is 3.33. The number of nitrogens with one attached hydrogen (secondary N) is 3. The number of aromatic nitrogens is 2. The predicted molar refractivity (Wildman–Crippen MR) is 87.7 cm³/mol. The number of carbonyl (C=O) groups excluding carboxylic acids is 1. The molecule has 2 aromatic rings. The summed E-state index contributed by atoms with van der Waals surface area (Å²) in [5.74, 6) is 1.85. The Kier molecular flexibility index (Phi) is 3.69. The SMILES string of the molecule is O=C(NCC1CCCNC1)c1ccc(O)c2[nH]c(C3CC3)nc12. The molecule has 4 rings (SSSR count). The van der Waals surface area contributed by atoms with Crippen molar-refractivity contribution < 1.29 is 9.90 Å². The number of phenols is 1. The maximum atomic E-state index is 12.5. The Morgan fingerprint density at radius 1 is 1.35 bits per heavy atom. The minimum absolute atomic E-state index is 0.116. The number of nitrogens with zero attached hydrogens (tertiary/aromatic N) is 1. The molecule has 1 saturated heterocycles. The number of phenolic OH excluding ortho intramolecular Hbond substituents is 1. The summed E-state index contributed by atoms with van der Waals surface area (Å²) >= 11 is 0. The molecule has 0 bridgehead atoms. The second-order valence-corrected chi connectivity index (χ2v) is 6.67. The van der Waals surface area contributed by atoms with Crippen LogP contribution in [0, 0.1) is 5.92 Å². The molecule has 1 amide bonds. The van der Waals surface area contributed by atoms with Crippen molar-refractivity contribution in [2.45, 2.75) is 31.6 Å². The number of hydrogen-bond acceptors (Lipinski definition) is 4. The predicted octanol–water partition coefficient (Wildman–Crippen LogP) is 1.88. The fourth-order valence-corrected chi connectivity index (χ4v) is 3.26. The van der Waals surface area contributed by atoms with Gasteiger partial charge in [0.15, 0.2) is 0 Å². The minimum Gasteiger partial charge on any atom is -0.506 e. The molecule has 1 saturated carbocycles. The Morgan fingerprint density at radius 3 is 2.96 bits per heavy atom. The molecule has 1 aliphatic heterocycles. The molecule has 2 heterocycles. The number of carbonyl (C=O) groups is 1. The highest BCUT2D eigenvalue weighted by molar-refractivity contribution is 6.06. The van der Waals surface area contributed by atoms with E-state index in [4.69, 9.17) is 0 Å². The number of hydrogen-bond donors (Lipinski definition) is 4. The molecule has 2 aliphatic rings. The summed E-state index contributed by atoms with van der Waals surface area (Å²) in [4.78, 5) is 20.3. The van der Waals surface area contributed by atoms with Crippen LogP contribution in [0.2, 0.25) is 0 Å². The number of H-pyrrole nitrogens is 1. The number of rotatable bonds is 4. The van der Waals surface area contributed by atoms with Crippen molar-refractivity contribution in [3.05, 3.63) is 23.5 Å². The third-order valence-corrected chi connectivity index (χ3v) is 4.80. The van der Waals surface area contributed by atoms with Gasteiger partial charge in [-0.15, -0.1) is 0 Å². The quantitative estimate of drug-likeness (QED) is 0.693. The highest BCUT2D eigenvalue weighted by Crippen LogP contribution is 2.40. The largest absolute Gasteiger partial charge is 0.506 e. The Hall–Kier alpha value is -2.08. The lowest BCUT2D eigenvalue weighted by molar-refractivity contribution is 0.0946. The number of imidazole rings is 1. The normalized spacial score (nSPS) is 21.5. The highest BCUT2D eigenvalue weighted by atomic mass is 16.3. The molecule has 1 aromatic heterocycles. The zero-order valence-electron chi connectivity index (χ0n) is 13.1. The van der Waals surface area contributed by atoms with Crippen molar-refractivity contribution in [1.29, 1.82) is 0 Å². The molecule has 0 spiro atoms. The zero-order valence-corrected chi connectivity index (χ0v) is 13.1. The maximum absolute atomic E-state index is 12.5. The molecule has 23 heavy (non-hydrogen) atoms. The molecule has 1 aliphatic carbocycles. The molecule has 6 heteroatoms. The third kappa shape index (κ3) is 2.91. The van der Waals surface area contributed by atoms with Crippen LogP contribution in [0.25, 0.3) is 11.0 Å². The summed E-state index contributed by atoms with van der Waals surface area (Å²) in [6, 6.07) is 3.22. The van der Waals surface area contributed by atoms with Crippen molar-refractivity contribution in [2.75, 3.05) is 19.6 Å². The van der Waals surface area contributed by atoms with Gasteiger partial charge in [0.1, 0.15) is 22.6 Å². The Bertz CT molecular complexity index is 730. The van der Waals surface area contributed by atoms with Gasteiger partial charge in [0.25, 0.3) is 5.91 Å². The van der Waals surface area contributed by atoms with Crippen LogP contribution in [0.3, 0.4) is 0 Å². The lowest BCUT2D eigenvalue weighted by atomic mass is 9.99. The van der Waals surface area contributed by atoms with Crippen LogP contribution in [0.15, 0.2) is 12.1 Å². The van der Waals surface area contributed by atoms with E-state index in [1.807, 2.05) is 0 Å². The smallest absolute Gasteiger partial charge is 0.253 e. The Balaban J connectivity index is 1.55. The summed E-state index contributed by atoms with van der Waals surface area (Å²) in [7, 11) is 0. The van der Waals surface area contributed by atoms with Gasteiger partial charge in [-0.3, -0.25) is 4.79 Å². The first-order chi connectivity index (χ1) is 11.2. The number of amides is 1. The van der Waals surface area contributed by atoms with Gasteiger partial charge in [-0.25, -0.2) is 4.98 Å². The summed E-state index contributed by atoms with van der Waals surface area (Å²) in [5.41, 5.74) is 1.68. The van der Waals surface area contributed by atoms with Crippen LogP contribution in [0.4, 0.5) is 0 Å². The Labute approximate surface area is 134 Å². The second-order valence-electron chi connectivity index (χ2n) is 6.67. The van der Waals surface area contributed by atoms with Crippen molar-refractivity contribution in [2.24, 2.45) is 5.92 Å². The lowest BCUT2D eigenvalue weighted by Crippen LogP contribution is -2.38. The van der Waals surface area contributed by atoms with Crippen molar-refractivity contribution in [3.63, 3.8) is 0 Å². The molecule has 1 atom stereocenters. The molecule has 6 nitrogen and oxygen atoms in total. The average molecular weight is 314 g/mol. The first-order valence-corrected chi connectivity index (χ1v) is 8.43. The number of aromatic amines is 1. The van der Waals surface area contributed by atoms with E-state index in [2.05, 4.69) is 20.6 Å². The molecule has 1 aromatic carbocycles. The zero-order chi connectivity index (χ0) is 15.8. The van der Waals surface area contributed by atoms with Gasteiger partial charge in [-0.1, -0.05) is 0 Å². The molecule has 0 radical (unpaired) electrons. The van der Waals surface area contributed by atoms with Crippen LogP contribution in [0.5, 0.6) is 5.75 Å². The van der Waals surface area contributed by atoms with Gasteiger partial charge in [-0.05, 0) is 56.8 Å². The van der Waals surface area contributed by atoms with E-state index in [0.29, 0.717) is 35.0 Å². The van der Waals surface area contributed by atoms with Gasteiger partial charge < -0.3 is 20.7 Å². The van der Waals surface area contributed by atoms with Crippen LogP contribution < -0.4 is 10.6 Å². The minimum atomic E-state index is -0.116. The van der Waals surface area contributed by atoms with Gasteiger partial charge in [0.05, 0.1) is 5.56 Å². The summed E-state index contributed by atoms with van der Waals surface area (Å²) in [5, 5.41) is 16.4. The van der Waals surface area contributed by atoms with E-state index < -0.39 is 0 Å². The van der Waals surface area contributed by atoms with Gasteiger partial charge in [-0.2, -0.15) is 0 Å². The van der Waals surface area contributed by atoms with E-state index in [9.17, 15) is 9.90 Å². The van der Waals surface area contributed by atoms with Gasteiger partial charge in [0, 0.05) is 12.5 Å². The molecule has 4 N–H and O–H groups in total. The summed E-state index contributed by atoms with van der Waals surface area (Å²) < 4.78 is 0. The summed E-state index contributed by atoms with van der Waals surface area (Å²) in [6.45, 7) is 2.70. The number of fused-ring (bicyclic) bond motifs is 1. The standard InChI is InChI=1S/C17H22N4O2/c22-13-6-5-12(14-15(13)21-16(20-14)11-3-4-11)17(23)19-9-10-2-1-7-18-8-10/h5-6,10-11,18,22H,1-4,7-9H2,(H,19,23)(H,20,21). The highest BCUT2D eigenvalue weighted by Gasteiger charge is 2.28. The van der Waals surface area contributed by atoms with E-state index in [0.717, 1.165) is 44.6 Å². The van der Waals surface area contributed by atoms with Crippen LogP contribution in [-0.2, 0) is 0 Å². The fraction of sp³-hybridized carbons (Fsp3) is 0.529. The van der Waals surface area contributed by atoms with E-state index >= 15 is 0 Å². The first kappa shape index (κ1) is 14.5. The van der Waals surface area contributed by atoms with Crippen molar-refractivity contribution >= 4 is 16.9 Å². The van der Waals surface area contributed by atoms with Crippen LogP contribution >= 0.6 is 0 Å². The topological polar surface area (TPSA) is 90.0 Å². The molecule has 2 fully saturated rings. The lowest BCUT2D eigenvalue weighted by Gasteiger charge is -2.22. The second kappa shape index (κ2) is 5.85. The van der Waals surface area contributed by atoms with Crippen LogP contribution in [0.1, 0.15) is 47.8 Å². The number of piperidine rings is 1. The maximum Gasteiger partial charge on any atom is 0.253 e. The van der Waals surface area contributed by atoms with Gasteiger partial charge >= 0.3 is 0 Å². The molecule has 1 unspecified atom stereocenters. The van der Waals surface area contributed by atoms with Crippen molar-refractivity contribution in [1.82, 2.24) is 20.6 Å². The van der Waals surface area contributed by atoms with E-state index in [-0.39, 0.29) is 11.7 Å². The number of aromatic hydroxyl groups is 1. The molecule has 122 valence electrons. The Morgan fingerprint density at radius 2 is 2.22 bits per heavy atom. The van der Waals surface area contributed by atoms with Crippen LogP contribution in [-0.4, -0.2) is 40.6 Å². The molecular formula is C17H22N4O2. The van der Waals surface area contributed by atoms with E-state index in [1.54, 1.807) is 12.1 Å². The molecular weight excluding hydrogens is 292 g/mol. The number of benzene rings is 1. The summed E-state index contributed by atoms with van der Waals surface area (Å²) in [6.07, 6.45) is 4.55. The van der Waals surface area contributed by atoms with Gasteiger partial charge in [0.2, 0.25) is 0 Å². The fourth-order valence-electron chi connectivity index (χ4n) is 3.26. The van der Waals surface area contributed by atoms with E-state index in [1.165, 1.54) is 0 Å². The third-order valence-electron chi connectivity index (χ3n) is 4.80. The first-order valence-electron chi connectivity index (χ1n) is 8.43. The van der Waals surface area contributed by atoms with Crippen molar-refractivity contribution in [3.8, 4) is 5.75 Å².